The summed E-state index contributed by atoms with van der Waals surface area (Å²) in [5.41, 5.74) is 0. The summed E-state index contributed by atoms with van der Waals surface area (Å²) < 4.78 is 5.22. The smallest absolute Gasteiger partial charge is 0.277 e. The molecule has 10 heavy (non-hydrogen) atoms. The third-order valence-electron chi connectivity index (χ3n) is 1.37. The zero-order valence-electron chi connectivity index (χ0n) is 6.09. The summed E-state index contributed by atoms with van der Waals surface area (Å²) in [5, 5.41) is 0. The van der Waals surface area contributed by atoms with Crippen LogP contribution in [0.4, 0.5) is 0 Å². The van der Waals surface area contributed by atoms with Gasteiger partial charge in [-0.2, -0.15) is 0 Å². The first-order valence-electron chi connectivity index (χ1n) is 3.17. The third kappa shape index (κ3) is 1.19. The average molecular weight is 135 g/mol. The van der Waals surface area contributed by atoms with Crippen molar-refractivity contribution in [3.05, 3.63) is 35.1 Å². The van der Waals surface area contributed by atoms with E-state index in [0.29, 0.717) is 0 Å². The van der Waals surface area contributed by atoms with Gasteiger partial charge in [-0.1, -0.05) is 0 Å². The number of furan rings is 1. The maximum absolute atomic E-state index is 6.72. The van der Waals surface area contributed by atoms with Gasteiger partial charge in [-0.05, 0) is 19.1 Å². The van der Waals surface area contributed by atoms with Gasteiger partial charge in [0.2, 0.25) is 0 Å². The zero-order chi connectivity index (χ0) is 7.56. The SMILES string of the molecule is [C-]#[N+]C(C)c1ccc(C)o1. The lowest BCUT2D eigenvalue weighted by atomic mass is 10.3. The molecule has 0 bridgehead atoms. The van der Waals surface area contributed by atoms with E-state index in [1.54, 1.807) is 0 Å². The Morgan fingerprint density at radius 3 is 2.70 bits per heavy atom. The highest BCUT2D eigenvalue weighted by Gasteiger charge is 2.11. The van der Waals surface area contributed by atoms with Gasteiger partial charge in [0.25, 0.3) is 6.04 Å². The van der Waals surface area contributed by atoms with E-state index in [9.17, 15) is 0 Å². The molecule has 0 aliphatic carbocycles. The number of hydrogen-bond acceptors (Lipinski definition) is 1. The molecule has 2 heteroatoms. The minimum absolute atomic E-state index is 0.145. The van der Waals surface area contributed by atoms with E-state index in [-0.39, 0.29) is 6.04 Å². The molecule has 1 aromatic rings. The molecule has 2 nitrogen and oxygen atoms in total. The summed E-state index contributed by atoms with van der Waals surface area (Å²) in [6.45, 7) is 10.4. The molecule has 0 saturated heterocycles. The molecule has 0 saturated carbocycles. The van der Waals surface area contributed by atoms with Crippen LogP contribution < -0.4 is 0 Å². The molecule has 1 atom stereocenters. The van der Waals surface area contributed by atoms with Gasteiger partial charge < -0.3 is 9.26 Å². The fourth-order valence-electron chi connectivity index (χ4n) is 0.742. The zero-order valence-corrected chi connectivity index (χ0v) is 6.09. The van der Waals surface area contributed by atoms with Gasteiger partial charge in [0, 0.05) is 6.92 Å². The van der Waals surface area contributed by atoms with Crippen LogP contribution in [0.3, 0.4) is 0 Å². The fraction of sp³-hybridized carbons (Fsp3) is 0.375. The predicted molar refractivity (Wildman–Crippen MR) is 38.5 cm³/mol. The molecular weight excluding hydrogens is 126 g/mol. The second-order valence-electron chi connectivity index (χ2n) is 2.25. The van der Waals surface area contributed by atoms with Crippen molar-refractivity contribution < 1.29 is 4.42 Å². The molecule has 52 valence electrons. The molecule has 0 aliphatic rings. The molecule has 0 amide bonds. The van der Waals surface area contributed by atoms with Gasteiger partial charge in [-0.25, -0.2) is 6.57 Å². The lowest BCUT2D eigenvalue weighted by Gasteiger charge is -1.90. The Labute approximate surface area is 60.3 Å². The molecule has 1 aromatic heterocycles. The Bertz CT molecular complexity index is 256. The van der Waals surface area contributed by atoms with Crippen LogP contribution in [0.5, 0.6) is 0 Å². The van der Waals surface area contributed by atoms with Gasteiger partial charge in [0.1, 0.15) is 5.76 Å². The van der Waals surface area contributed by atoms with Crippen LogP contribution in [0.15, 0.2) is 16.5 Å². The minimum atomic E-state index is -0.145. The highest BCUT2D eigenvalue weighted by atomic mass is 16.3. The van der Waals surface area contributed by atoms with E-state index in [4.69, 9.17) is 11.0 Å². The first-order valence-corrected chi connectivity index (χ1v) is 3.17. The molecule has 1 heterocycles. The summed E-state index contributed by atoms with van der Waals surface area (Å²) in [6, 6.07) is 3.57. The second kappa shape index (κ2) is 2.57. The van der Waals surface area contributed by atoms with Crippen molar-refractivity contribution in [2.45, 2.75) is 19.9 Å². The first-order chi connectivity index (χ1) is 4.74. The monoisotopic (exact) mass is 135 g/mol. The Hall–Kier alpha value is -1.23. The molecule has 0 spiro atoms. The van der Waals surface area contributed by atoms with Crippen LogP contribution in [0.25, 0.3) is 4.85 Å². The van der Waals surface area contributed by atoms with Gasteiger partial charge in [-0.3, -0.25) is 0 Å². The van der Waals surface area contributed by atoms with Crippen LogP contribution in [0.2, 0.25) is 0 Å². The summed E-state index contributed by atoms with van der Waals surface area (Å²) in [7, 11) is 0. The van der Waals surface area contributed by atoms with Crippen LogP contribution >= 0.6 is 0 Å². The maximum Gasteiger partial charge on any atom is 0.277 e. The topological polar surface area (TPSA) is 17.5 Å². The molecule has 0 fully saturated rings. The molecule has 0 N–H and O–H groups in total. The first kappa shape index (κ1) is 6.88. The second-order valence-corrected chi connectivity index (χ2v) is 2.25. The van der Waals surface area contributed by atoms with E-state index < -0.39 is 0 Å². The van der Waals surface area contributed by atoms with Gasteiger partial charge >= 0.3 is 0 Å². The van der Waals surface area contributed by atoms with Gasteiger partial charge in [-0.15, -0.1) is 0 Å². The third-order valence-corrected chi connectivity index (χ3v) is 1.37. The normalized spacial score (nSPS) is 12.5. The van der Waals surface area contributed by atoms with Crippen LogP contribution in [-0.4, -0.2) is 0 Å². The standard InChI is InChI=1S/C8H9NO/c1-6-4-5-8(10-6)7(2)9-3/h4-5,7H,1-2H3. The molecular formula is C8H9NO. The van der Waals surface area contributed by atoms with E-state index >= 15 is 0 Å². The molecule has 0 aliphatic heterocycles. The highest BCUT2D eigenvalue weighted by Crippen LogP contribution is 2.18. The summed E-state index contributed by atoms with van der Waals surface area (Å²) in [5.74, 6) is 1.62. The van der Waals surface area contributed by atoms with E-state index in [0.717, 1.165) is 11.5 Å². The van der Waals surface area contributed by atoms with Crippen molar-refractivity contribution in [1.29, 1.82) is 0 Å². The van der Waals surface area contributed by atoms with Crippen LogP contribution in [-0.2, 0) is 0 Å². The predicted octanol–water partition coefficient (Wildman–Crippen LogP) is 2.57. The number of nitrogens with zero attached hydrogens (tertiary/aromatic N) is 1. The fourth-order valence-corrected chi connectivity index (χ4v) is 0.742. The lowest BCUT2D eigenvalue weighted by Crippen LogP contribution is -1.80. The quantitative estimate of drug-likeness (QED) is 0.541. The molecule has 0 aromatic carbocycles. The largest absolute Gasteiger partial charge is 0.458 e. The molecule has 1 rings (SSSR count). The Kier molecular flexibility index (Phi) is 1.77. The highest BCUT2D eigenvalue weighted by molar-refractivity contribution is 5.11. The molecule has 0 radical (unpaired) electrons. The van der Waals surface area contributed by atoms with Crippen molar-refractivity contribution in [3.8, 4) is 0 Å². The van der Waals surface area contributed by atoms with E-state index in [1.165, 1.54) is 0 Å². The van der Waals surface area contributed by atoms with Crippen LogP contribution in [0, 0.1) is 13.5 Å². The number of aryl methyl sites for hydroxylation is 1. The number of hydrogen-bond donors (Lipinski definition) is 0. The van der Waals surface area contributed by atoms with Crippen molar-refractivity contribution in [1.82, 2.24) is 0 Å². The van der Waals surface area contributed by atoms with Crippen molar-refractivity contribution >= 4 is 0 Å². The van der Waals surface area contributed by atoms with E-state index in [1.807, 2.05) is 26.0 Å². The summed E-state index contributed by atoms with van der Waals surface area (Å²) >= 11 is 0. The summed E-state index contributed by atoms with van der Waals surface area (Å²) in [6.07, 6.45) is 0. The Morgan fingerprint density at radius 2 is 2.30 bits per heavy atom. The average Bonchev–Trinajstić information content (AvgIpc) is 2.34. The molecule has 1 unspecified atom stereocenters. The van der Waals surface area contributed by atoms with Gasteiger partial charge in [0.05, 0.1) is 0 Å². The van der Waals surface area contributed by atoms with E-state index in [2.05, 4.69) is 4.85 Å². The lowest BCUT2D eigenvalue weighted by molar-refractivity contribution is 0.474. The number of rotatable bonds is 1. The van der Waals surface area contributed by atoms with Crippen LogP contribution in [0.1, 0.15) is 24.5 Å². The van der Waals surface area contributed by atoms with Crippen molar-refractivity contribution in [2.75, 3.05) is 0 Å². The van der Waals surface area contributed by atoms with Crippen molar-refractivity contribution in [2.24, 2.45) is 0 Å². The summed E-state index contributed by atoms with van der Waals surface area (Å²) in [4.78, 5) is 3.33. The minimum Gasteiger partial charge on any atom is -0.458 e. The maximum atomic E-state index is 6.72. The van der Waals surface area contributed by atoms with Gasteiger partial charge in [0.15, 0.2) is 5.76 Å². The Balaban J connectivity index is 2.87. The van der Waals surface area contributed by atoms with Crippen molar-refractivity contribution in [3.63, 3.8) is 0 Å². The Morgan fingerprint density at radius 1 is 1.60 bits per heavy atom.